The molecule has 0 spiro atoms. The van der Waals surface area contributed by atoms with E-state index in [2.05, 4.69) is 18.4 Å². The summed E-state index contributed by atoms with van der Waals surface area (Å²) in [5.41, 5.74) is 3.59. The van der Waals surface area contributed by atoms with Gasteiger partial charge in [0.15, 0.2) is 0 Å². The zero-order valence-electron chi connectivity index (χ0n) is 8.76. The number of hydrogen-bond acceptors (Lipinski definition) is 0. The third kappa shape index (κ3) is 1.14. The molecule has 1 aromatic carbocycles. The van der Waals surface area contributed by atoms with E-state index in [0.29, 0.717) is 0 Å². The van der Waals surface area contributed by atoms with E-state index in [0.717, 1.165) is 17.3 Å². The van der Waals surface area contributed by atoms with Gasteiger partial charge in [0.2, 0.25) is 0 Å². The molecule has 0 amide bonds. The maximum absolute atomic E-state index is 13.1. The molecule has 0 aliphatic rings. The smallest absolute Gasteiger partial charge is 0.123 e. The molecule has 0 N–H and O–H groups in total. The highest BCUT2D eigenvalue weighted by molar-refractivity contribution is 5.85. The fraction of sp³-hybridized carbons (Fsp3) is 0.333. The van der Waals surface area contributed by atoms with Crippen molar-refractivity contribution in [2.75, 3.05) is 0 Å². The molecule has 0 aliphatic carbocycles. The largest absolute Gasteiger partial charge is 0.348 e. The quantitative estimate of drug-likeness (QED) is 0.652. The Hall–Kier alpha value is -1.31. The second-order valence-corrected chi connectivity index (χ2v) is 3.64. The van der Waals surface area contributed by atoms with Crippen molar-refractivity contribution in [3.8, 4) is 0 Å². The molecule has 2 rings (SSSR count). The third-order valence-corrected chi connectivity index (χ3v) is 2.94. The zero-order chi connectivity index (χ0) is 10.3. The Bertz CT molecular complexity index is 483. The van der Waals surface area contributed by atoms with E-state index >= 15 is 0 Å². The summed E-state index contributed by atoms with van der Waals surface area (Å²) >= 11 is 0. The van der Waals surface area contributed by atoms with Gasteiger partial charge < -0.3 is 4.57 Å². The minimum Gasteiger partial charge on any atom is -0.348 e. The van der Waals surface area contributed by atoms with Gasteiger partial charge in [0.1, 0.15) is 5.82 Å². The Morgan fingerprint density at radius 3 is 2.71 bits per heavy atom. The lowest BCUT2D eigenvalue weighted by atomic mass is 10.1. The van der Waals surface area contributed by atoms with Gasteiger partial charge in [0.05, 0.1) is 0 Å². The number of benzene rings is 1. The lowest BCUT2D eigenvalue weighted by Crippen LogP contribution is -1.91. The number of halogens is 1. The second-order valence-electron chi connectivity index (χ2n) is 3.64. The van der Waals surface area contributed by atoms with Crippen LogP contribution < -0.4 is 0 Å². The summed E-state index contributed by atoms with van der Waals surface area (Å²) in [5, 5.41) is 1.05. The molecule has 0 radical (unpaired) electrons. The number of aryl methyl sites for hydroxylation is 2. The first-order valence-electron chi connectivity index (χ1n) is 4.88. The van der Waals surface area contributed by atoms with E-state index in [1.807, 2.05) is 13.1 Å². The first-order valence-corrected chi connectivity index (χ1v) is 4.88. The molecule has 2 aromatic rings. The summed E-state index contributed by atoms with van der Waals surface area (Å²) in [6.45, 7) is 4.18. The van der Waals surface area contributed by atoms with Crippen molar-refractivity contribution in [1.82, 2.24) is 4.57 Å². The molecular weight excluding hydrogens is 177 g/mol. The van der Waals surface area contributed by atoms with Gasteiger partial charge in [0.25, 0.3) is 0 Å². The van der Waals surface area contributed by atoms with Gasteiger partial charge in [-0.15, -0.1) is 0 Å². The molecule has 2 heteroatoms. The predicted molar refractivity (Wildman–Crippen MR) is 57.0 cm³/mol. The molecule has 0 fully saturated rings. The van der Waals surface area contributed by atoms with E-state index in [9.17, 15) is 4.39 Å². The molecule has 1 aromatic heterocycles. The standard InChI is InChI=1S/C12H14FN/c1-4-10-8(2)14(3)12-6-5-9(13)7-11(10)12/h5-7H,4H2,1-3H3. The molecule has 0 atom stereocenters. The number of aromatic nitrogens is 1. The van der Waals surface area contributed by atoms with Crippen molar-refractivity contribution in [3.63, 3.8) is 0 Å². The van der Waals surface area contributed by atoms with E-state index in [4.69, 9.17) is 0 Å². The van der Waals surface area contributed by atoms with Crippen molar-refractivity contribution in [2.24, 2.45) is 7.05 Å². The molecule has 0 bridgehead atoms. The fourth-order valence-corrected chi connectivity index (χ4v) is 2.07. The lowest BCUT2D eigenvalue weighted by molar-refractivity contribution is 0.629. The Labute approximate surface area is 83.2 Å². The van der Waals surface area contributed by atoms with Crippen LogP contribution in [0.2, 0.25) is 0 Å². The van der Waals surface area contributed by atoms with E-state index < -0.39 is 0 Å². The summed E-state index contributed by atoms with van der Waals surface area (Å²) in [4.78, 5) is 0. The predicted octanol–water partition coefficient (Wildman–Crippen LogP) is 3.19. The molecule has 1 nitrogen and oxygen atoms in total. The van der Waals surface area contributed by atoms with Gasteiger partial charge in [-0.2, -0.15) is 0 Å². The van der Waals surface area contributed by atoms with Crippen molar-refractivity contribution >= 4 is 10.9 Å². The van der Waals surface area contributed by atoms with Gasteiger partial charge in [-0.3, -0.25) is 0 Å². The Morgan fingerprint density at radius 1 is 1.36 bits per heavy atom. The average Bonchev–Trinajstić information content (AvgIpc) is 2.39. The lowest BCUT2D eigenvalue weighted by Gasteiger charge is -1.98. The van der Waals surface area contributed by atoms with Gasteiger partial charge in [-0.1, -0.05) is 6.92 Å². The summed E-state index contributed by atoms with van der Waals surface area (Å²) in [6.07, 6.45) is 0.951. The van der Waals surface area contributed by atoms with Crippen molar-refractivity contribution < 1.29 is 4.39 Å². The van der Waals surface area contributed by atoms with Crippen LogP contribution in [-0.4, -0.2) is 4.57 Å². The number of rotatable bonds is 1. The number of fused-ring (bicyclic) bond motifs is 1. The minimum absolute atomic E-state index is 0.155. The summed E-state index contributed by atoms with van der Waals surface area (Å²) in [6, 6.07) is 4.99. The molecule has 0 saturated carbocycles. The average molecular weight is 191 g/mol. The molecular formula is C12H14FN. The van der Waals surface area contributed by atoms with Crippen LogP contribution in [0.15, 0.2) is 18.2 Å². The Morgan fingerprint density at radius 2 is 2.07 bits per heavy atom. The summed E-state index contributed by atoms with van der Waals surface area (Å²) in [7, 11) is 2.02. The first kappa shape index (κ1) is 9.25. The number of hydrogen-bond donors (Lipinski definition) is 0. The van der Waals surface area contributed by atoms with Crippen molar-refractivity contribution in [3.05, 3.63) is 35.3 Å². The molecule has 0 aliphatic heterocycles. The van der Waals surface area contributed by atoms with Crippen LogP contribution in [0.1, 0.15) is 18.2 Å². The maximum Gasteiger partial charge on any atom is 0.123 e. The van der Waals surface area contributed by atoms with Crippen LogP contribution in [0, 0.1) is 12.7 Å². The molecule has 74 valence electrons. The first-order chi connectivity index (χ1) is 6.65. The van der Waals surface area contributed by atoms with Gasteiger partial charge in [-0.05, 0) is 37.1 Å². The van der Waals surface area contributed by atoms with Crippen LogP contribution in [-0.2, 0) is 13.5 Å². The zero-order valence-corrected chi connectivity index (χ0v) is 8.76. The Kier molecular flexibility index (Phi) is 2.06. The fourth-order valence-electron chi connectivity index (χ4n) is 2.07. The minimum atomic E-state index is -0.155. The monoisotopic (exact) mass is 191 g/mol. The molecule has 0 unspecified atom stereocenters. The molecule has 14 heavy (non-hydrogen) atoms. The van der Waals surface area contributed by atoms with Gasteiger partial charge in [-0.25, -0.2) is 4.39 Å². The van der Waals surface area contributed by atoms with Gasteiger partial charge in [0, 0.05) is 23.6 Å². The van der Waals surface area contributed by atoms with Crippen LogP contribution in [0.25, 0.3) is 10.9 Å². The van der Waals surface area contributed by atoms with E-state index in [1.165, 1.54) is 17.3 Å². The van der Waals surface area contributed by atoms with Crippen LogP contribution in [0.4, 0.5) is 4.39 Å². The van der Waals surface area contributed by atoms with E-state index in [1.54, 1.807) is 6.07 Å². The van der Waals surface area contributed by atoms with Crippen molar-refractivity contribution in [2.45, 2.75) is 20.3 Å². The molecule has 1 heterocycles. The summed E-state index contributed by atoms with van der Waals surface area (Å²) in [5.74, 6) is -0.155. The molecule has 0 saturated heterocycles. The summed E-state index contributed by atoms with van der Waals surface area (Å²) < 4.78 is 15.2. The second kappa shape index (κ2) is 3.12. The maximum atomic E-state index is 13.1. The van der Waals surface area contributed by atoms with Crippen molar-refractivity contribution in [1.29, 1.82) is 0 Å². The highest BCUT2D eigenvalue weighted by Gasteiger charge is 2.10. The topological polar surface area (TPSA) is 4.93 Å². The highest BCUT2D eigenvalue weighted by atomic mass is 19.1. The highest BCUT2D eigenvalue weighted by Crippen LogP contribution is 2.25. The Balaban J connectivity index is 2.89. The van der Waals surface area contributed by atoms with Crippen LogP contribution >= 0.6 is 0 Å². The van der Waals surface area contributed by atoms with Gasteiger partial charge >= 0.3 is 0 Å². The van der Waals surface area contributed by atoms with E-state index in [-0.39, 0.29) is 5.82 Å². The van der Waals surface area contributed by atoms with Crippen LogP contribution in [0.5, 0.6) is 0 Å². The normalized spacial score (nSPS) is 11.1. The van der Waals surface area contributed by atoms with Crippen LogP contribution in [0.3, 0.4) is 0 Å². The number of nitrogens with zero attached hydrogens (tertiary/aromatic N) is 1. The SMILES string of the molecule is CCc1c(C)n(C)c2ccc(F)cc12. The third-order valence-electron chi connectivity index (χ3n) is 2.94.